The number of rotatable bonds is 4. The van der Waals surface area contributed by atoms with E-state index in [4.69, 9.17) is 4.74 Å². The summed E-state index contributed by atoms with van der Waals surface area (Å²) in [5.41, 5.74) is 0.812. The second kappa shape index (κ2) is 5.89. The van der Waals surface area contributed by atoms with Gasteiger partial charge in [0.1, 0.15) is 5.75 Å². The van der Waals surface area contributed by atoms with Crippen molar-refractivity contribution in [2.24, 2.45) is 0 Å². The number of nitro groups is 1. The first-order valence-corrected chi connectivity index (χ1v) is 7.24. The molecule has 2 rings (SSSR count). The molecule has 21 heavy (non-hydrogen) atoms. The molecule has 1 aromatic rings. The van der Waals surface area contributed by atoms with Crippen molar-refractivity contribution in [1.82, 2.24) is 5.32 Å². The summed E-state index contributed by atoms with van der Waals surface area (Å²) in [5.74, 6) is 0.545. The van der Waals surface area contributed by atoms with Crippen LogP contribution < -0.4 is 15.0 Å². The minimum atomic E-state index is -0.369. The van der Waals surface area contributed by atoms with Crippen LogP contribution in [-0.4, -0.2) is 36.2 Å². The number of benzene rings is 1. The average molecular weight is 293 g/mol. The average Bonchev–Trinajstić information content (AvgIpc) is 2.36. The van der Waals surface area contributed by atoms with Gasteiger partial charge in [-0.3, -0.25) is 10.1 Å². The first kappa shape index (κ1) is 15.6. The van der Waals surface area contributed by atoms with Gasteiger partial charge in [0.05, 0.1) is 17.1 Å². The molecule has 0 spiro atoms. The lowest BCUT2D eigenvalue weighted by atomic mass is 9.99. The first-order chi connectivity index (χ1) is 9.79. The fourth-order valence-electron chi connectivity index (χ4n) is 2.63. The van der Waals surface area contributed by atoms with Gasteiger partial charge in [0, 0.05) is 43.0 Å². The fourth-order valence-corrected chi connectivity index (χ4v) is 2.63. The summed E-state index contributed by atoms with van der Waals surface area (Å²) in [6.07, 6.45) is -0.0177. The first-order valence-electron chi connectivity index (χ1n) is 7.24. The van der Waals surface area contributed by atoms with Gasteiger partial charge in [-0.15, -0.1) is 0 Å². The van der Waals surface area contributed by atoms with Gasteiger partial charge in [-0.2, -0.15) is 0 Å². The van der Waals surface area contributed by atoms with E-state index in [1.165, 1.54) is 6.07 Å². The second-order valence-corrected chi connectivity index (χ2v) is 6.25. The lowest BCUT2D eigenvalue weighted by molar-refractivity contribution is -0.384. The van der Waals surface area contributed by atoms with Crippen molar-refractivity contribution in [3.8, 4) is 5.75 Å². The Morgan fingerprint density at radius 1 is 1.38 bits per heavy atom. The van der Waals surface area contributed by atoms with Crippen LogP contribution in [-0.2, 0) is 0 Å². The SMILES string of the molecule is CC(C)Oc1cc(N2CCNCC2(C)C)cc([N+](=O)[O-])c1. The van der Waals surface area contributed by atoms with E-state index >= 15 is 0 Å². The molecule has 1 aromatic carbocycles. The van der Waals surface area contributed by atoms with Crippen LogP contribution >= 0.6 is 0 Å². The van der Waals surface area contributed by atoms with Gasteiger partial charge < -0.3 is 15.0 Å². The summed E-state index contributed by atoms with van der Waals surface area (Å²) >= 11 is 0. The third-order valence-electron chi connectivity index (χ3n) is 3.57. The highest BCUT2D eigenvalue weighted by atomic mass is 16.6. The van der Waals surface area contributed by atoms with Crippen LogP contribution in [0.25, 0.3) is 0 Å². The number of nitrogens with zero attached hydrogens (tertiary/aromatic N) is 2. The van der Waals surface area contributed by atoms with Crippen LogP contribution in [0.3, 0.4) is 0 Å². The van der Waals surface area contributed by atoms with E-state index in [2.05, 4.69) is 24.1 Å². The minimum absolute atomic E-state index is 0.0177. The molecule has 0 unspecified atom stereocenters. The van der Waals surface area contributed by atoms with Gasteiger partial charge in [0.15, 0.2) is 0 Å². The van der Waals surface area contributed by atoms with Crippen molar-refractivity contribution >= 4 is 11.4 Å². The molecule has 1 saturated heterocycles. The van der Waals surface area contributed by atoms with Crippen molar-refractivity contribution in [3.63, 3.8) is 0 Å². The van der Waals surface area contributed by atoms with Crippen molar-refractivity contribution < 1.29 is 9.66 Å². The summed E-state index contributed by atoms with van der Waals surface area (Å²) in [6, 6.07) is 5.00. The number of nitrogens with one attached hydrogen (secondary N) is 1. The molecule has 0 radical (unpaired) electrons. The van der Waals surface area contributed by atoms with Gasteiger partial charge in [0.25, 0.3) is 5.69 Å². The summed E-state index contributed by atoms with van der Waals surface area (Å²) in [6.45, 7) is 10.6. The topological polar surface area (TPSA) is 67.6 Å². The predicted molar refractivity (Wildman–Crippen MR) is 83.2 cm³/mol. The maximum absolute atomic E-state index is 11.2. The fraction of sp³-hybridized carbons (Fsp3) is 0.600. The zero-order chi connectivity index (χ0) is 15.6. The van der Waals surface area contributed by atoms with Crippen LogP contribution in [0.5, 0.6) is 5.75 Å². The van der Waals surface area contributed by atoms with Crippen molar-refractivity contribution in [3.05, 3.63) is 28.3 Å². The van der Waals surface area contributed by atoms with E-state index < -0.39 is 0 Å². The van der Waals surface area contributed by atoms with E-state index in [0.29, 0.717) is 5.75 Å². The summed E-state index contributed by atoms with van der Waals surface area (Å²) in [7, 11) is 0. The van der Waals surface area contributed by atoms with Crippen LogP contribution in [0.4, 0.5) is 11.4 Å². The van der Waals surface area contributed by atoms with Gasteiger partial charge >= 0.3 is 0 Å². The van der Waals surface area contributed by atoms with Gasteiger partial charge in [-0.05, 0) is 27.7 Å². The van der Waals surface area contributed by atoms with Crippen molar-refractivity contribution in [1.29, 1.82) is 0 Å². The molecule has 1 aliphatic heterocycles. The Balaban J connectivity index is 2.41. The molecule has 0 saturated carbocycles. The van der Waals surface area contributed by atoms with E-state index in [9.17, 15) is 10.1 Å². The number of nitro benzene ring substituents is 1. The molecule has 6 heteroatoms. The molecule has 0 amide bonds. The molecule has 116 valence electrons. The zero-order valence-corrected chi connectivity index (χ0v) is 13.0. The monoisotopic (exact) mass is 293 g/mol. The number of hydrogen-bond donors (Lipinski definition) is 1. The highest BCUT2D eigenvalue weighted by Crippen LogP contribution is 2.33. The van der Waals surface area contributed by atoms with Crippen LogP contribution in [0, 0.1) is 10.1 Å². The van der Waals surface area contributed by atoms with Gasteiger partial charge in [-0.25, -0.2) is 0 Å². The van der Waals surface area contributed by atoms with Gasteiger partial charge in [0.2, 0.25) is 0 Å². The summed E-state index contributed by atoms with van der Waals surface area (Å²) < 4.78 is 5.66. The minimum Gasteiger partial charge on any atom is -0.491 e. The molecule has 0 bridgehead atoms. The largest absolute Gasteiger partial charge is 0.491 e. The van der Waals surface area contributed by atoms with E-state index in [0.717, 1.165) is 25.3 Å². The standard InChI is InChI=1S/C15H23N3O3/c1-11(2)21-14-8-12(7-13(9-14)18(19)20)17-6-5-16-10-15(17,3)4/h7-9,11,16H,5-6,10H2,1-4H3. The smallest absolute Gasteiger partial charge is 0.275 e. The summed E-state index contributed by atoms with van der Waals surface area (Å²) in [4.78, 5) is 13.0. The Morgan fingerprint density at radius 3 is 2.67 bits per heavy atom. The third-order valence-corrected chi connectivity index (χ3v) is 3.57. The molecule has 0 aromatic heterocycles. The molecule has 1 heterocycles. The number of hydrogen-bond acceptors (Lipinski definition) is 5. The number of non-ortho nitro benzene ring substituents is 1. The van der Waals surface area contributed by atoms with Gasteiger partial charge in [-0.1, -0.05) is 0 Å². The van der Waals surface area contributed by atoms with E-state index in [1.807, 2.05) is 19.9 Å². The molecular weight excluding hydrogens is 270 g/mol. The Morgan fingerprint density at radius 2 is 2.10 bits per heavy atom. The number of ether oxygens (including phenoxy) is 1. The zero-order valence-electron chi connectivity index (χ0n) is 13.0. The Kier molecular flexibility index (Phi) is 4.37. The van der Waals surface area contributed by atoms with Crippen LogP contribution in [0.15, 0.2) is 18.2 Å². The van der Waals surface area contributed by atoms with E-state index in [-0.39, 0.29) is 22.3 Å². The van der Waals surface area contributed by atoms with Crippen LogP contribution in [0.2, 0.25) is 0 Å². The van der Waals surface area contributed by atoms with Crippen molar-refractivity contribution in [2.75, 3.05) is 24.5 Å². The molecule has 1 aliphatic rings. The summed E-state index contributed by atoms with van der Waals surface area (Å²) in [5, 5.41) is 14.5. The number of piperazine rings is 1. The molecule has 0 aliphatic carbocycles. The van der Waals surface area contributed by atoms with Crippen LogP contribution in [0.1, 0.15) is 27.7 Å². The predicted octanol–water partition coefficient (Wildman–Crippen LogP) is 2.57. The third kappa shape index (κ3) is 3.64. The highest BCUT2D eigenvalue weighted by Gasteiger charge is 2.31. The Bertz CT molecular complexity index is 529. The lowest BCUT2D eigenvalue weighted by Crippen LogP contribution is -2.58. The molecule has 1 fully saturated rings. The molecule has 1 N–H and O–H groups in total. The lowest BCUT2D eigenvalue weighted by Gasteiger charge is -2.44. The molecule has 0 atom stereocenters. The molecular formula is C15H23N3O3. The Hall–Kier alpha value is -1.82. The van der Waals surface area contributed by atoms with Crippen molar-refractivity contribution in [2.45, 2.75) is 39.3 Å². The maximum Gasteiger partial charge on any atom is 0.275 e. The normalized spacial score (nSPS) is 17.9. The number of anilines is 1. The Labute approximate surface area is 125 Å². The quantitative estimate of drug-likeness (QED) is 0.682. The van der Waals surface area contributed by atoms with E-state index in [1.54, 1.807) is 6.07 Å². The maximum atomic E-state index is 11.2. The molecule has 6 nitrogen and oxygen atoms in total. The second-order valence-electron chi connectivity index (χ2n) is 6.25. The highest BCUT2D eigenvalue weighted by molar-refractivity contribution is 5.59.